The fraction of sp³-hybridized carbons (Fsp3) is 0.714. The topological polar surface area (TPSA) is 68.3 Å². The van der Waals surface area contributed by atoms with E-state index in [2.05, 4.69) is 0 Å². The third kappa shape index (κ3) is 17.9. The summed E-state index contributed by atoms with van der Waals surface area (Å²) in [4.78, 5) is 41.7. The molecule has 0 fully saturated rings. The van der Waals surface area contributed by atoms with Crippen LogP contribution in [0.3, 0.4) is 0 Å². The fourth-order valence-corrected chi connectivity index (χ4v) is 2.46. The number of hydrogen-bond acceptors (Lipinski definition) is 4. The maximum absolute atomic E-state index is 10.7. The van der Waals surface area contributed by atoms with Gasteiger partial charge in [0.1, 0.15) is 0 Å². The number of carbonyl (C=O) groups excluding carboxylic acids is 4. The van der Waals surface area contributed by atoms with Crippen molar-refractivity contribution in [3.63, 3.8) is 0 Å². The van der Waals surface area contributed by atoms with Gasteiger partial charge >= 0.3 is 0 Å². The smallest absolute Gasteiger partial charge is 0.225 e. The van der Waals surface area contributed by atoms with E-state index in [-0.39, 0.29) is 25.2 Å². The zero-order chi connectivity index (χ0) is 17.7. The summed E-state index contributed by atoms with van der Waals surface area (Å²) in [5.74, 6) is -0.438. The van der Waals surface area contributed by atoms with Gasteiger partial charge in [0.2, 0.25) is 21.0 Å². The summed E-state index contributed by atoms with van der Waals surface area (Å²) in [7, 11) is 0. The highest BCUT2D eigenvalue weighted by Crippen LogP contribution is 2.17. The average molecular weight is 394 g/mol. The number of rotatable bonds is 10. The van der Waals surface area contributed by atoms with Crippen LogP contribution in [0, 0.1) is 11.8 Å². The molecule has 4 nitrogen and oxygen atoms in total. The van der Waals surface area contributed by atoms with E-state index in [4.69, 9.17) is 46.4 Å². The van der Waals surface area contributed by atoms with Crippen molar-refractivity contribution in [2.24, 2.45) is 11.8 Å². The molecule has 0 aliphatic carbocycles. The van der Waals surface area contributed by atoms with Gasteiger partial charge < -0.3 is 0 Å². The normalized spacial score (nSPS) is 11.4. The molecule has 128 valence electrons. The van der Waals surface area contributed by atoms with Crippen LogP contribution in [-0.2, 0) is 19.2 Å². The van der Waals surface area contributed by atoms with Crippen molar-refractivity contribution in [2.75, 3.05) is 0 Å². The van der Waals surface area contributed by atoms with E-state index in [0.717, 1.165) is 12.8 Å². The van der Waals surface area contributed by atoms with Crippen LogP contribution in [0.25, 0.3) is 0 Å². The molecule has 0 amide bonds. The molecule has 0 rings (SSSR count). The van der Waals surface area contributed by atoms with Crippen LogP contribution in [0.5, 0.6) is 0 Å². The highest BCUT2D eigenvalue weighted by molar-refractivity contribution is 6.66. The minimum atomic E-state index is -0.495. The van der Waals surface area contributed by atoms with Gasteiger partial charge in [-0.1, -0.05) is 26.7 Å². The highest BCUT2D eigenvalue weighted by Gasteiger charge is 2.18. The summed E-state index contributed by atoms with van der Waals surface area (Å²) >= 11 is 20.5. The number of unbranched alkanes of at least 4 members (excludes halogenated alkanes) is 1. The lowest BCUT2D eigenvalue weighted by Gasteiger charge is -2.07. The Labute approximate surface area is 150 Å². The molecule has 22 heavy (non-hydrogen) atoms. The molecular formula is C14H20Cl4O4. The summed E-state index contributed by atoms with van der Waals surface area (Å²) in [5, 5.41) is -1.81. The molecule has 0 N–H and O–H groups in total. The third-order valence-electron chi connectivity index (χ3n) is 2.65. The van der Waals surface area contributed by atoms with E-state index < -0.39 is 26.9 Å². The van der Waals surface area contributed by atoms with E-state index in [1.807, 2.05) is 6.92 Å². The number of carbonyl (C=O) groups is 4. The van der Waals surface area contributed by atoms with Crippen LogP contribution in [0.15, 0.2) is 0 Å². The van der Waals surface area contributed by atoms with Gasteiger partial charge in [0, 0.05) is 25.2 Å². The van der Waals surface area contributed by atoms with Gasteiger partial charge in [-0.3, -0.25) is 19.2 Å². The summed E-state index contributed by atoms with van der Waals surface area (Å²) in [5.41, 5.74) is 0. The maximum atomic E-state index is 10.7. The molecule has 0 aliphatic rings. The molecular weight excluding hydrogens is 374 g/mol. The molecule has 0 aliphatic heterocycles. The first kappa shape index (κ1) is 24.1. The van der Waals surface area contributed by atoms with Gasteiger partial charge in [0.15, 0.2) is 0 Å². The fourth-order valence-electron chi connectivity index (χ4n) is 1.56. The molecule has 0 bridgehead atoms. The van der Waals surface area contributed by atoms with Crippen molar-refractivity contribution >= 4 is 67.4 Å². The lowest BCUT2D eigenvalue weighted by Crippen LogP contribution is -2.11. The molecule has 0 radical (unpaired) electrons. The zero-order valence-electron chi connectivity index (χ0n) is 12.5. The van der Waals surface area contributed by atoms with Crippen molar-refractivity contribution in [1.82, 2.24) is 0 Å². The summed E-state index contributed by atoms with van der Waals surface area (Å²) in [6, 6.07) is 0. The second kappa shape index (κ2) is 14.4. The van der Waals surface area contributed by atoms with E-state index in [1.165, 1.54) is 0 Å². The standard InChI is InChI=1S/C8H12Cl2O2.C6H8Cl2O2/c1-2-3-4-6(8(10)12)5-7(9)11;1-4(2-5(7)9)3-6(8)10/h6H,2-5H2,1H3;4H,2-3H2,1H3. The number of hydrogen-bond donors (Lipinski definition) is 0. The quantitative estimate of drug-likeness (QED) is 0.506. The first-order valence-corrected chi connectivity index (χ1v) is 8.35. The Hall–Kier alpha value is -0.160. The molecule has 0 saturated heterocycles. The van der Waals surface area contributed by atoms with Gasteiger partial charge in [-0.05, 0) is 58.7 Å². The lowest BCUT2D eigenvalue weighted by atomic mass is 10.0. The molecule has 0 heterocycles. The Morgan fingerprint density at radius 3 is 1.50 bits per heavy atom. The zero-order valence-corrected chi connectivity index (χ0v) is 15.6. The Balaban J connectivity index is 0. The molecule has 0 spiro atoms. The minimum Gasteiger partial charge on any atom is -0.281 e. The number of halogens is 4. The van der Waals surface area contributed by atoms with Gasteiger partial charge in [-0.15, -0.1) is 0 Å². The molecule has 8 heteroatoms. The van der Waals surface area contributed by atoms with Crippen LogP contribution in [0.2, 0.25) is 0 Å². The Bertz CT molecular complexity index is 369. The molecule has 0 aromatic heterocycles. The Kier molecular flexibility index (Phi) is 15.8. The van der Waals surface area contributed by atoms with Crippen molar-refractivity contribution in [3.05, 3.63) is 0 Å². The summed E-state index contributed by atoms with van der Waals surface area (Å²) in [6.07, 6.45) is 3.01. The predicted molar refractivity (Wildman–Crippen MR) is 89.5 cm³/mol. The first-order valence-electron chi connectivity index (χ1n) is 6.84. The van der Waals surface area contributed by atoms with Crippen LogP contribution < -0.4 is 0 Å². The molecule has 0 aromatic carbocycles. The second-order valence-electron chi connectivity index (χ2n) is 4.93. The van der Waals surface area contributed by atoms with Gasteiger partial charge in [0.05, 0.1) is 0 Å². The van der Waals surface area contributed by atoms with Gasteiger partial charge in [-0.25, -0.2) is 0 Å². The van der Waals surface area contributed by atoms with E-state index in [9.17, 15) is 19.2 Å². The van der Waals surface area contributed by atoms with Gasteiger partial charge in [-0.2, -0.15) is 0 Å². The van der Waals surface area contributed by atoms with Crippen molar-refractivity contribution in [3.8, 4) is 0 Å². The van der Waals surface area contributed by atoms with Crippen LogP contribution in [-0.4, -0.2) is 21.0 Å². The molecule has 0 aromatic rings. The largest absolute Gasteiger partial charge is 0.281 e. The monoisotopic (exact) mass is 392 g/mol. The SMILES string of the molecule is CC(CC(=O)Cl)CC(=O)Cl.CCCCC(CC(=O)Cl)C(=O)Cl. The van der Waals surface area contributed by atoms with E-state index in [0.29, 0.717) is 6.42 Å². The Morgan fingerprint density at radius 2 is 1.23 bits per heavy atom. The first-order chi connectivity index (χ1) is 10.1. The second-order valence-corrected chi connectivity index (χ2v) is 6.56. The maximum Gasteiger partial charge on any atom is 0.225 e. The summed E-state index contributed by atoms with van der Waals surface area (Å²) < 4.78 is 0. The van der Waals surface area contributed by atoms with Crippen molar-refractivity contribution in [1.29, 1.82) is 0 Å². The molecule has 1 unspecified atom stereocenters. The van der Waals surface area contributed by atoms with E-state index >= 15 is 0 Å². The molecule has 0 saturated carbocycles. The minimum absolute atomic E-state index is 0.0463. The van der Waals surface area contributed by atoms with Crippen LogP contribution in [0.4, 0.5) is 0 Å². The van der Waals surface area contributed by atoms with Crippen LogP contribution in [0.1, 0.15) is 52.4 Å². The van der Waals surface area contributed by atoms with Crippen molar-refractivity contribution in [2.45, 2.75) is 52.4 Å². The Morgan fingerprint density at radius 1 is 0.818 bits per heavy atom. The third-order valence-corrected chi connectivity index (χ3v) is 3.42. The summed E-state index contributed by atoms with van der Waals surface area (Å²) in [6.45, 7) is 3.76. The lowest BCUT2D eigenvalue weighted by molar-refractivity contribution is -0.120. The molecule has 1 atom stereocenters. The van der Waals surface area contributed by atoms with Gasteiger partial charge in [0.25, 0.3) is 0 Å². The van der Waals surface area contributed by atoms with Crippen LogP contribution >= 0.6 is 46.4 Å². The van der Waals surface area contributed by atoms with Crippen molar-refractivity contribution < 1.29 is 19.2 Å². The predicted octanol–water partition coefficient (Wildman–Crippen LogP) is 4.65. The van der Waals surface area contributed by atoms with E-state index in [1.54, 1.807) is 6.92 Å². The highest BCUT2D eigenvalue weighted by atomic mass is 35.5. The average Bonchev–Trinajstić information content (AvgIpc) is 2.32.